The van der Waals surface area contributed by atoms with E-state index >= 15 is 0 Å². The molecule has 0 aromatic carbocycles. The third-order valence-electron chi connectivity index (χ3n) is 9.42. The molecule has 0 radical (unpaired) electrons. The first kappa shape index (κ1) is 24.1. The molecule has 3 saturated carbocycles. The fourth-order valence-electron chi connectivity index (χ4n) is 7.70. The van der Waals surface area contributed by atoms with Gasteiger partial charge in [-0.1, -0.05) is 19.4 Å². The zero-order valence-corrected chi connectivity index (χ0v) is 19.3. The van der Waals surface area contributed by atoms with Gasteiger partial charge < -0.3 is 20.1 Å². The summed E-state index contributed by atoms with van der Waals surface area (Å²) < 4.78 is 4.97. The molecule has 4 aliphatic rings. The fourth-order valence-corrected chi connectivity index (χ4v) is 7.70. The molecule has 4 aliphatic carbocycles. The highest BCUT2D eigenvalue weighted by Gasteiger charge is 2.68. The van der Waals surface area contributed by atoms with Crippen LogP contribution in [-0.2, 0) is 23.9 Å². The van der Waals surface area contributed by atoms with Gasteiger partial charge in [0.25, 0.3) is 0 Å². The number of carbonyl (C=O) groups is 4. The Morgan fingerprint density at radius 2 is 1.85 bits per heavy atom. The molecule has 0 bridgehead atoms. The van der Waals surface area contributed by atoms with Crippen molar-refractivity contribution in [3.8, 4) is 0 Å². The largest absolute Gasteiger partial charge is 0.481 e. The Hall–Kier alpha value is -2.06. The van der Waals surface area contributed by atoms with Crippen LogP contribution in [0.1, 0.15) is 71.6 Å². The summed E-state index contributed by atoms with van der Waals surface area (Å²) in [5.41, 5.74) is -1.68. The molecule has 33 heavy (non-hydrogen) atoms. The van der Waals surface area contributed by atoms with Gasteiger partial charge in [0.2, 0.25) is 5.78 Å². The van der Waals surface area contributed by atoms with E-state index in [0.717, 1.165) is 24.8 Å². The molecule has 0 aromatic heterocycles. The molecule has 0 saturated heterocycles. The first-order valence-corrected chi connectivity index (χ1v) is 12.0. The molecule has 8 nitrogen and oxygen atoms in total. The predicted octanol–water partition coefficient (Wildman–Crippen LogP) is 2.20. The molecule has 0 aliphatic heterocycles. The number of allylic oxidation sites excluding steroid dienone is 1. The van der Waals surface area contributed by atoms with Crippen LogP contribution in [0.15, 0.2) is 11.6 Å². The van der Waals surface area contributed by atoms with E-state index in [1.54, 1.807) is 6.08 Å². The Morgan fingerprint density at radius 1 is 1.12 bits per heavy atom. The van der Waals surface area contributed by atoms with Crippen molar-refractivity contribution in [2.45, 2.75) is 83.3 Å². The van der Waals surface area contributed by atoms with E-state index in [-0.39, 0.29) is 54.6 Å². The maximum atomic E-state index is 13.1. The molecule has 3 N–H and O–H groups in total. The summed E-state index contributed by atoms with van der Waals surface area (Å²) >= 11 is 0. The van der Waals surface area contributed by atoms with Crippen molar-refractivity contribution in [3.05, 3.63) is 11.6 Å². The summed E-state index contributed by atoms with van der Waals surface area (Å²) in [6.07, 6.45) is 4.30. The molecular formula is C25H34O8. The lowest BCUT2D eigenvalue weighted by atomic mass is 9.45. The summed E-state index contributed by atoms with van der Waals surface area (Å²) in [7, 11) is 0. The standard InChI is InChI=1S/C25H34O8/c1-23-9-7-15(26)11-14(23)3-4-16-17-8-10-25(32,24(17,2)12-18(27)22(16)23)19(28)13-33-21(31)6-5-20(29)30/h11,16-18,22,27,32H,3-10,12-13H2,1-2H3,(H,29,30)/t16-,17+,18+,22+,23+,24+,25+/m1/s1. The van der Waals surface area contributed by atoms with Crippen LogP contribution < -0.4 is 0 Å². The van der Waals surface area contributed by atoms with Gasteiger partial charge in [0.15, 0.2) is 12.4 Å². The Labute approximate surface area is 193 Å². The van der Waals surface area contributed by atoms with Crippen LogP contribution >= 0.6 is 0 Å². The van der Waals surface area contributed by atoms with Crippen LogP contribution in [0.4, 0.5) is 0 Å². The van der Waals surface area contributed by atoms with Crippen molar-refractivity contribution >= 4 is 23.5 Å². The summed E-state index contributed by atoms with van der Waals surface area (Å²) in [6, 6.07) is 0. The van der Waals surface area contributed by atoms with Gasteiger partial charge >= 0.3 is 11.9 Å². The van der Waals surface area contributed by atoms with Gasteiger partial charge in [-0.3, -0.25) is 19.2 Å². The zero-order chi connectivity index (χ0) is 24.2. The highest BCUT2D eigenvalue weighted by Crippen LogP contribution is 2.67. The van der Waals surface area contributed by atoms with Crippen molar-refractivity contribution in [2.75, 3.05) is 6.61 Å². The number of aliphatic hydroxyl groups excluding tert-OH is 1. The molecule has 0 unspecified atom stereocenters. The number of carboxylic acid groups (broad SMARTS) is 1. The minimum Gasteiger partial charge on any atom is -0.481 e. The Balaban J connectivity index is 1.53. The number of rotatable bonds is 6. The first-order chi connectivity index (χ1) is 15.4. The maximum Gasteiger partial charge on any atom is 0.306 e. The van der Waals surface area contributed by atoms with Crippen LogP contribution in [0.5, 0.6) is 0 Å². The van der Waals surface area contributed by atoms with E-state index in [2.05, 4.69) is 6.92 Å². The van der Waals surface area contributed by atoms with Crippen molar-refractivity contribution in [1.82, 2.24) is 0 Å². The van der Waals surface area contributed by atoms with E-state index in [1.807, 2.05) is 6.92 Å². The summed E-state index contributed by atoms with van der Waals surface area (Å²) in [5, 5.41) is 31.6. The molecule has 0 spiro atoms. The van der Waals surface area contributed by atoms with Gasteiger partial charge in [-0.05, 0) is 67.8 Å². The predicted molar refractivity (Wildman–Crippen MR) is 116 cm³/mol. The Bertz CT molecular complexity index is 908. The van der Waals surface area contributed by atoms with Gasteiger partial charge in [-0.25, -0.2) is 0 Å². The first-order valence-electron chi connectivity index (χ1n) is 12.0. The van der Waals surface area contributed by atoms with Crippen molar-refractivity contribution in [3.63, 3.8) is 0 Å². The number of hydrogen-bond acceptors (Lipinski definition) is 7. The van der Waals surface area contributed by atoms with Gasteiger partial charge in [0.05, 0.1) is 18.9 Å². The quantitative estimate of drug-likeness (QED) is 0.511. The average Bonchev–Trinajstić information content (AvgIpc) is 3.02. The molecule has 4 rings (SSSR count). The highest BCUT2D eigenvalue weighted by molar-refractivity contribution is 5.92. The van der Waals surface area contributed by atoms with Gasteiger partial charge in [-0.15, -0.1) is 0 Å². The number of Topliss-reactive ketones (excluding diaryl/α,β-unsaturated/α-hetero) is 1. The second kappa shape index (κ2) is 8.31. The van der Waals surface area contributed by atoms with Gasteiger partial charge in [0, 0.05) is 11.8 Å². The third-order valence-corrected chi connectivity index (χ3v) is 9.42. The van der Waals surface area contributed by atoms with Crippen LogP contribution in [-0.4, -0.2) is 57.1 Å². The lowest BCUT2D eigenvalue weighted by molar-refractivity contribution is -0.184. The number of fused-ring (bicyclic) bond motifs is 5. The third kappa shape index (κ3) is 3.75. The Kier molecular flexibility index (Phi) is 6.06. The fraction of sp³-hybridized carbons (Fsp3) is 0.760. The van der Waals surface area contributed by atoms with Crippen molar-refractivity contribution in [2.24, 2.45) is 28.6 Å². The van der Waals surface area contributed by atoms with E-state index in [4.69, 9.17) is 9.84 Å². The molecule has 0 heterocycles. The van der Waals surface area contributed by atoms with E-state index in [0.29, 0.717) is 12.8 Å². The molecule has 7 atom stereocenters. The van der Waals surface area contributed by atoms with Crippen LogP contribution in [0.3, 0.4) is 0 Å². The molecule has 8 heteroatoms. The smallest absolute Gasteiger partial charge is 0.306 e. The lowest BCUT2D eigenvalue weighted by Crippen LogP contribution is -2.62. The minimum atomic E-state index is -1.71. The summed E-state index contributed by atoms with van der Waals surface area (Å²) in [5.74, 6) is -2.20. The van der Waals surface area contributed by atoms with E-state index in [9.17, 15) is 29.4 Å². The number of carbonyl (C=O) groups excluding carboxylic acids is 3. The lowest BCUT2D eigenvalue weighted by Gasteiger charge is -2.60. The number of hydrogen-bond donors (Lipinski definition) is 3. The number of aliphatic carboxylic acids is 1. The summed E-state index contributed by atoms with van der Waals surface area (Å²) in [4.78, 5) is 47.5. The molecule has 3 fully saturated rings. The molecular weight excluding hydrogens is 428 g/mol. The second-order valence-electron chi connectivity index (χ2n) is 11.0. The van der Waals surface area contributed by atoms with Crippen LogP contribution in [0.25, 0.3) is 0 Å². The van der Waals surface area contributed by atoms with Gasteiger partial charge in [-0.2, -0.15) is 0 Å². The summed E-state index contributed by atoms with van der Waals surface area (Å²) in [6.45, 7) is 3.41. The highest BCUT2D eigenvalue weighted by atomic mass is 16.5. The van der Waals surface area contributed by atoms with Gasteiger partial charge in [0.1, 0.15) is 5.60 Å². The number of esters is 1. The van der Waals surface area contributed by atoms with Crippen molar-refractivity contribution < 1.29 is 39.2 Å². The second-order valence-corrected chi connectivity index (χ2v) is 11.0. The number of ketones is 2. The normalized spacial score (nSPS) is 41.9. The average molecular weight is 463 g/mol. The number of carboxylic acids is 1. The molecule has 0 aromatic rings. The number of ether oxygens (including phenoxy) is 1. The zero-order valence-electron chi connectivity index (χ0n) is 19.3. The maximum absolute atomic E-state index is 13.1. The molecule has 0 amide bonds. The SMILES string of the molecule is C[C@]12CCC(=O)C=C1CC[C@H]1[C@H]2[C@@H](O)C[C@@]2(C)[C@H]1CC[C@]2(O)C(=O)COC(=O)CCC(=O)O. The van der Waals surface area contributed by atoms with Crippen molar-refractivity contribution in [1.29, 1.82) is 0 Å². The Morgan fingerprint density at radius 3 is 2.55 bits per heavy atom. The van der Waals surface area contributed by atoms with Crippen LogP contribution in [0, 0.1) is 28.6 Å². The monoisotopic (exact) mass is 462 g/mol. The van der Waals surface area contributed by atoms with E-state index < -0.39 is 41.4 Å². The van der Waals surface area contributed by atoms with E-state index in [1.165, 1.54) is 0 Å². The molecule has 182 valence electrons. The minimum absolute atomic E-state index is 0.0185. The van der Waals surface area contributed by atoms with Crippen LogP contribution in [0.2, 0.25) is 0 Å². The topological polar surface area (TPSA) is 138 Å². The number of aliphatic hydroxyl groups is 2.